The molecule has 7 heteroatoms. The molecule has 0 saturated heterocycles. The van der Waals surface area contributed by atoms with Crippen molar-refractivity contribution < 1.29 is 9.53 Å². The lowest BCUT2D eigenvalue weighted by Gasteiger charge is -2.07. The molecule has 0 atom stereocenters. The van der Waals surface area contributed by atoms with E-state index in [0.717, 1.165) is 26.6 Å². The molecule has 0 fully saturated rings. The van der Waals surface area contributed by atoms with E-state index in [4.69, 9.17) is 4.74 Å². The van der Waals surface area contributed by atoms with Crippen LogP contribution in [-0.4, -0.2) is 28.4 Å². The molecule has 0 bridgehead atoms. The SMILES string of the molecule is Cc1cccc(OCCNC(=O)c2cc3c(nc4sccn43)s2)c1. The molecule has 5 nitrogen and oxygen atoms in total. The Labute approximate surface area is 146 Å². The molecular weight excluding hydrogens is 342 g/mol. The lowest BCUT2D eigenvalue weighted by Crippen LogP contribution is -2.27. The molecule has 0 spiro atoms. The summed E-state index contributed by atoms with van der Waals surface area (Å²) in [7, 11) is 0. The van der Waals surface area contributed by atoms with E-state index < -0.39 is 0 Å². The van der Waals surface area contributed by atoms with Crippen LogP contribution < -0.4 is 10.1 Å². The summed E-state index contributed by atoms with van der Waals surface area (Å²) in [6.07, 6.45) is 1.97. The number of thiazole rings is 1. The summed E-state index contributed by atoms with van der Waals surface area (Å²) in [6, 6.07) is 9.75. The van der Waals surface area contributed by atoms with Crippen LogP contribution >= 0.6 is 22.7 Å². The van der Waals surface area contributed by atoms with Crippen molar-refractivity contribution in [1.29, 1.82) is 0 Å². The van der Waals surface area contributed by atoms with Crippen molar-refractivity contribution in [3.63, 3.8) is 0 Å². The first-order valence-electron chi connectivity index (χ1n) is 7.53. The number of nitrogens with one attached hydrogen (secondary N) is 1. The Kier molecular flexibility index (Phi) is 3.95. The monoisotopic (exact) mass is 357 g/mol. The van der Waals surface area contributed by atoms with Gasteiger partial charge in [0.15, 0.2) is 4.96 Å². The van der Waals surface area contributed by atoms with E-state index in [1.807, 2.05) is 53.2 Å². The standard InChI is InChI=1S/C17H15N3O2S2/c1-11-3-2-4-12(9-11)22-7-5-18-15(21)14-10-13-16(24-14)19-17-20(13)6-8-23-17/h2-4,6,8-10H,5,7H2,1H3,(H,18,21). The van der Waals surface area contributed by atoms with Gasteiger partial charge >= 0.3 is 0 Å². The van der Waals surface area contributed by atoms with Crippen molar-refractivity contribution >= 4 is 43.9 Å². The molecular formula is C17H15N3O2S2. The third kappa shape index (κ3) is 2.88. The first kappa shape index (κ1) is 15.2. The Bertz CT molecular complexity index is 1020. The molecule has 0 saturated carbocycles. The van der Waals surface area contributed by atoms with Gasteiger partial charge in [-0.05, 0) is 30.7 Å². The van der Waals surface area contributed by atoms with Gasteiger partial charge in [0, 0.05) is 11.6 Å². The van der Waals surface area contributed by atoms with Crippen molar-refractivity contribution in [2.24, 2.45) is 0 Å². The van der Waals surface area contributed by atoms with E-state index in [2.05, 4.69) is 10.3 Å². The van der Waals surface area contributed by atoms with Gasteiger partial charge in [0.25, 0.3) is 5.91 Å². The molecule has 1 aromatic carbocycles. The van der Waals surface area contributed by atoms with E-state index in [0.29, 0.717) is 18.0 Å². The van der Waals surface area contributed by atoms with Gasteiger partial charge in [-0.25, -0.2) is 4.98 Å². The average molecular weight is 357 g/mol. The van der Waals surface area contributed by atoms with Crippen molar-refractivity contribution in [3.05, 3.63) is 52.3 Å². The summed E-state index contributed by atoms with van der Waals surface area (Å²) < 4.78 is 7.65. The molecule has 0 aliphatic carbocycles. The van der Waals surface area contributed by atoms with Gasteiger partial charge in [-0.2, -0.15) is 0 Å². The zero-order chi connectivity index (χ0) is 16.5. The van der Waals surface area contributed by atoms with E-state index in [1.54, 1.807) is 11.3 Å². The number of amides is 1. The van der Waals surface area contributed by atoms with Crippen LogP contribution in [0.2, 0.25) is 0 Å². The first-order valence-corrected chi connectivity index (χ1v) is 9.23. The highest BCUT2D eigenvalue weighted by Gasteiger charge is 2.14. The number of aromatic nitrogens is 2. The molecule has 0 radical (unpaired) electrons. The van der Waals surface area contributed by atoms with E-state index in [1.165, 1.54) is 11.3 Å². The minimum atomic E-state index is -0.0881. The quantitative estimate of drug-likeness (QED) is 0.554. The highest BCUT2D eigenvalue weighted by molar-refractivity contribution is 7.21. The predicted molar refractivity (Wildman–Crippen MR) is 97.5 cm³/mol. The third-order valence-corrected chi connectivity index (χ3v) is 5.38. The molecule has 1 N–H and O–H groups in total. The number of hydrogen-bond acceptors (Lipinski definition) is 5. The predicted octanol–water partition coefficient (Wildman–Crippen LogP) is 3.73. The highest BCUT2D eigenvalue weighted by atomic mass is 32.1. The summed E-state index contributed by atoms with van der Waals surface area (Å²) in [6.45, 7) is 2.92. The number of ether oxygens (including phenoxy) is 1. The second-order valence-corrected chi connectivity index (χ2v) is 7.29. The van der Waals surface area contributed by atoms with Gasteiger partial charge in [-0.15, -0.1) is 22.7 Å². The number of thiophene rings is 1. The van der Waals surface area contributed by atoms with Crippen LogP contribution in [0.5, 0.6) is 5.75 Å². The fourth-order valence-corrected chi connectivity index (χ4v) is 4.20. The van der Waals surface area contributed by atoms with Crippen LogP contribution in [0.15, 0.2) is 41.9 Å². The summed E-state index contributed by atoms with van der Waals surface area (Å²) >= 11 is 3.00. The number of carbonyl (C=O) groups is 1. The van der Waals surface area contributed by atoms with Gasteiger partial charge < -0.3 is 10.1 Å². The summed E-state index contributed by atoms with van der Waals surface area (Å²) in [5.74, 6) is 0.731. The molecule has 0 unspecified atom stereocenters. The van der Waals surface area contributed by atoms with Gasteiger partial charge in [-0.1, -0.05) is 12.1 Å². The van der Waals surface area contributed by atoms with Crippen molar-refractivity contribution in [3.8, 4) is 5.75 Å². The summed E-state index contributed by atoms with van der Waals surface area (Å²) in [5, 5.41) is 4.88. The number of imidazole rings is 1. The molecule has 3 heterocycles. The van der Waals surface area contributed by atoms with E-state index >= 15 is 0 Å². The Morgan fingerprint density at radius 3 is 3.17 bits per heavy atom. The number of nitrogens with zero attached hydrogens (tertiary/aromatic N) is 2. The molecule has 3 aromatic heterocycles. The van der Waals surface area contributed by atoms with E-state index in [-0.39, 0.29) is 5.91 Å². The largest absolute Gasteiger partial charge is 0.492 e. The lowest BCUT2D eigenvalue weighted by molar-refractivity contribution is 0.0951. The van der Waals surface area contributed by atoms with Crippen LogP contribution in [0.1, 0.15) is 15.2 Å². The van der Waals surface area contributed by atoms with Crippen LogP contribution in [0.25, 0.3) is 15.3 Å². The highest BCUT2D eigenvalue weighted by Crippen LogP contribution is 2.28. The number of aryl methyl sites for hydroxylation is 1. The first-order chi connectivity index (χ1) is 11.7. The Morgan fingerprint density at radius 1 is 1.38 bits per heavy atom. The molecule has 24 heavy (non-hydrogen) atoms. The van der Waals surface area contributed by atoms with Crippen molar-refractivity contribution in [2.45, 2.75) is 6.92 Å². The fraction of sp³-hybridized carbons (Fsp3) is 0.176. The minimum Gasteiger partial charge on any atom is -0.492 e. The molecule has 122 valence electrons. The number of fused-ring (bicyclic) bond motifs is 3. The zero-order valence-electron chi connectivity index (χ0n) is 13.0. The molecule has 4 rings (SSSR count). The van der Waals surface area contributed by atoms with Crippen molar-refractivity contribution in [1.82, 2.24) is 14.7 Å². The Hall–Kier alpha value is -2.38. The molecule has 4 aromatic rings. The summed E-state index contributed by atoms with van der Waals surface area (Å²) in [4.78, 5) is 19.3. The Morgan fingerprint density at radius 2 is 2.29 bits per heavy atom. The zero-order valence-corrected chi connectivity index (χ0v) is 14.6. The van der Waals surface area contributed by atoms with Gasteiger partial charge in [0.05, 0.1) is 16.9 Å². The van der Waals surface area contributed by atoms with E-state index in [9.17, 15) is 4.79 Å². The molecule has 0 aliphatic rings. The second-order valence-electron chi connectivity index (χ2n) is 5.39. The smallest absolute Gasteiger partial charge is 0.261 e. The fourth-order valence-electron chi connectivity index (χ4n) is 2.49. The normalized spacial score (nSPS) is 11.2. The minimum absolute atomic E-state index is 0.0881. The van der Waals surface area contributed by atoms with Gasteiger partial charge in [-0.3, -0.25) is 9.20 Å². The second kappa shape index (κ2) is 6.26. The topological polar surface area (TPSA) is 55.6 Å². The maximum absolute atomic E-state index is 12.3. The lowest BCUT2D eigenvalue weighted by atomic mass is 10.2. The number of rotatable bonds is 5. The Balaban J connectivity index is 1.36. The third-order valence-electron chi connectivity index (χ3n) is 3.61. The van der Waals surface area contributed by atoms with Gasteiger partial charge in [0.2, 0.25) is 0 Å². The molecule has 0 aliphatic heterocycles. The number of benzene rings is 1. The van der Waals surface area contributed by atoms with Crippen LogP contribution in [0.3, 0.4) is 0 Å². The van der Waals surface area contributed by atoms with Crippen LogP contribution in [-0.2, 0) is 0 Å². The number of hydrogen-bond donors (Lipinski definition) is 1. The average Bonchev–Trinajstić information content (AvgIpc) is 3.23. The van der Waals surface area contributed by atoms with Gasteiger partial charge in [0.1, 0.15) is 17.2 Å². The van der Waals surface area contributed by atoms with Crippen LogP contribution in [0.4, 0.5) is 0 Å². The molecule has 1 amide bonds. The maximum atomic E-state index is 12.3. The van der Waals surface area contributed by atoms with Crippen LogP contribution in [0, 0.1) is 6.92 Å². The summed E-state index contributed by atoms with van der Waals surface area (Å²) in [5.41, 5.74) is 2.14. The maximum Gasteiger partial charge on any atom is 0.261 e. The van der Waals surface area contributed by atoms with Crippen molar-refractivity contribution in [2.75, 3.05) is 13.2 Å². The number of carbonyl (C=O) groups excluding carboxylic acids is 1.